The Kier molecular flexibility index (Phi) is 5.53. The minimum absolute atomic E-state index is 0.139. The first-order valence-electron chi connectivity index (χ1n) is 6.83. The number of hydrazone groups is 1. The van der Waals surface area contributed by atoms with Crippen molar-refractivity contribution in [1.82, 2.24) is 9.80 Å². The first kappa shape index (κ1) is 16.8. The number of hydrogen-bond acceptors (Lipinski definition) is 7. The second-order valence-corrected chi connectivity index (χ2v) is 5.51. The smallest absolute Gasteiger partial charge is 0.277 e. The van der Waals surface area contributed by atoms with Crippen LogP contribution in [-0.2, 0) is 4.79 Å². The number of nitrogen functional groups attached to an aromatic ring is 1. The Morgan fingerprint density at radius 3 is 2.57 bits per heavy atom. The van der Waals surface area contributed by atoms with E-state index in [4.69, 9.17) is 15.2 Å². The zero-order chi connectivity index (χ0) is 16.8. The molecule has 1 heterocycles. The summed E-state index contributed by atoms with van der Waals surface area (Å²) in [7, 11) is 1.58. The third-order valence-corrected chi connectivity index (χ3v) is 3.79. The third kappa shape index (κ3) is 4.43. The van der Waals surface area contributed by atoms with Crippen molar-refractivity contribution in [2.75, 3.05) is 19.5 Å². The summed E-state index contributed by atoms with van der Waals surface area (Å²) in [5.74, 6) is 0.933. The summed E-state index contributed by atoms with van der Waals surface area (Å²) in [6, 6.07) is 6.96. The van der Waals surface area contributed by atoms with Gasteiger partial charge in [0.05, 0.1) is 24.1 Å². The Balaban J connectivity index is 1.88. The average Bonchev–Trinajstić information content (AvgIpc) is 2.90. The van der Waals surface area contributed by atoms with Crippen LogP contribution in [0.3, 0.4) is 0 Å². The second kappa shape index (κ2) is 7.59. The lowest BCUT2D eigenvalue weighted by atomic mass is 10.2. The Morgan fingerprint density at radius 1 is 1.35 bits per heavy atom. The molecule has 7 nitrogen and oxygen atoms in total. The molecule has 0 radical (unpaired) electrons. The van der Waals surface area contributed by atoms with E-state index in [-0.39, 0.29) is 12.5 Å². The van der Waals surface area contributed by atoms with E-state index in [2.05, 4.69) is 14.9 Å². The van der Waals surface area contributed by atoms with Crippen molar-refractivity contribution in [1.29, 1.82) is 0 Å². The van der Waals surface area contributed by atoms with Crippen molar-refractivity contribution in [3.05, 3.63) is 35.5 Å². The van der Waals surface area contributed by atoms with Gasteiger partial charge in [0.15, 0.2) is 6.61 Å². The topological polar surface area (TPSA) is 98.8 Å². The minimum atomic E-state index is -0.361. The van der Waals surface area contributed by atoms with Gasteiger partial charge in [0, 0.05) is 0 Å². The fourth-order valence-electron chi connectivity index (χ4n) is 1.88. The van der Waals surface area contributed by atoms with Crippen LogP contribution in [-0.4, -0.2) is 29.7 Å². The van der Waals surface area contributed by atoms with Crippen molar-refractivity contribution in [2.45, 2.75) is 13.8 Å². The largest absolute Gasteiger partial charge is 0.497 e. The van der Waals surface area contributed by atoms with Crippen LogP contribution in [0, 0.1) is 6.92 Å². The molecule has 0 bridgehead atoms. The Labute approximate surface area is 138 Å². The highest BCUT2D eigenvalue weighted by Crippen LogP contribution is 2.21. The number of nitrogens with two attached hydrogens (primary N) is 1. The lowest BCUT2D eigenvalue weighted by Gasteiger charge is -2.06. The third-order valence-electron chi connectivity index (χ3n) is 3.03. The molecule has 2 rings (SSSR count). The molecule has 0 unspecified atom stereocenters. The second-order valence-electron chi connectivity index (χ2n) is 4.70. The number of anilines is 1. The van der Waals surface area contributed by atoms with Gasteiger partial charge in [-0.05, 0) is 49.6 Å². The molecule has 0 spiro atoms. The molecular formula is C15H18N4O3S. The van der Waals surface area contributed by atoms with Crippen LogP contribution in [0.15, 0.2) is 29.4 Å². The zero-order valence-electron chi connectivity index (χ0n) is 13.1. The van der Waals surface area contributed by atoms with Gasteiger partial charge < -0.3 is 15.2 Å². The van der Waals surface area contributed by atoms with E-state index in [1.54, 1.807) is 38.3 Å². The van der Waals surface area contributed by atoms with E-state index < -0.39 is 0 Å². The van der Waals surface area contributed by atoms with Crippen molar-refractivity contribution in [2.24, 2.45) is 5.10 Å². The number of aryl methyl sites for hydroxylation is 1. The van der Waals surface area contributed by atoms with Gasteiger partial charge in [-0.15, -0.1) is 0 Å². The summed E-state index contributed by atoms with van der Waals surface area (Å²) in [5.41, 5.74) is 10.4. The number of ether oxygens (including phenoxy) is 2. The molecular weight excluding hydrogens is 316 g/mol. The average molecular weight is 334 g/mol. The van der Waals surface area contributed by atoms with E-state index in [0.29, 0.717) is 16.5 Å². The van der Waals surface area contributed by atoms with Crippen molar-refractivity contribution < 1.29 is 14.3 Å². The number of rotatable bonds is 6. The van der Waals surface area contributed by atoms with Gasteiger partial charge in [-0.1, -0.05) is 0 Å². The maximum Gasteiger partial charge on any atom is 0.277 e. The molecule has 122 valence electrons. The van der Waals surface area contributed by atoms with E-state index in [0.717, 1.165) is 17.0 Å². The summed E-state index contributed by atoms with van der Waals surface area (Å²) in [5, 5.41) is 4.61. The molecule has 1 aromatic carbocycles. The molecule has 1 amide bonds. The zero-order valence-corrected chi connectivity index (χ0v) is 13.9. The number of methoxy groups -OCH3 is 1. The SMILES string of the molecule is COc1ccc(OCC(=O)N/N=C(/C)c2c(C)nsc2N)cc1. The van der Waals surface area contributed by atoms with Crippen LogP contribution in [0.4, 0.5) is 5.00 Å². The van der Waals surface area contributed by atoms with E-state index in [1.807, 2.05) is 6.92 Å². The first-order valence-corrected chi connectivity index (χ1v) is 7.60. The fourth-order valence-corrected chi connectivity index (χ4v) is 2.60. The standard InChI is InChI=1S/C15H18N4O3S/c1-9(14-10(2)19-23-15(14)16)17-18-13(20)8-22-12-6-4-11(21-3)5-7-12/h4-7H,8,16H2,1-3H3,(H,18,20)/b17-9-. The van der Waals surface area contributed by atoms with Gasteiger partial charge in [-0.25, -0.2) is 5.43 Å². The highest BCUT2D eigenvalue weighted by atomic mass is 32.1. The van der Waals surface area contributed by atoms with Crippen molar-refractivity contribution in [3.63, 3.8) is 0 Å². The molecule has 0 saturated heterocycles. The number of nitrogens with zero attached hydrogens (tertiary/aromatic N) is 2. The summed E-state index contributed by atoms with van der Waals surface area (Å²) < 4.78 is 14.6. The Hall–Kier alpha value is -2.61. The van der Waals surface area contributed by atoms with Crippen molar-refractivity contribution in [3.8, 4) is 11.5 Å². The lowest BCUT2D eigenvalue weighted by molar-refractivity contribution is -0.123. The summed E-state index contributed by atoms with van der Waals surface area (Å²) >= 11 is 1.20. The van der Waals surface area contributed by atoms with E-state index >= 15 is 0 Å². The molecule has 0 aliphatic carbocycles. The number of carbonyl (C=O) groups is 1. The Bertz CT molecular complexity index is 691. The van der Waals surface area contributed by atoms with Crippen LogP contribution in [0.25, 0.3) is 0 Å². The van der Waals surface area contributed by atoms with Crippen LogP contribution in [0.5, 0.6) is 11.5 Å². The van der Waals surface area contributed by atoms with Gasteiger partial charge in [-0.3, -0.25) is 4.79 Å². The minimum Gasteiger partial charge on any atom is -0.497 e. The van der Waals surface area contributed by atoms with E-state index in [9.17, 15) is 4.79 Å². The summed E-state index contributed by atoms with van der Waals surface area (Å²) in [6.07, 6.45) is 0. The van der Waals surface area contributed by atoms with Crippen LogP contribution >= 0.6 is 11.5 Å². The van der Waals surface area contributed by atoms with Crippen LogP contribution in [0.1, 0.15) is 18.2 Å². The fraction of sp³-hybridized carbons (Fsp3) is 0.267. The number of hydrogen-bond donors (Lipinski definition) is 2. The molecule has 0 fully saturated rings. The molecule has 0 saturated carbocycles. The highest BCUT2D eigenvalue weighted by Gasteiger charge is 2.11. The monoisotopic (exact) mass is 334 g/mol. The molecule has 23 heavy (non-hydrogen) atoms. The van der Waals surface area contributed by atoms with Gasteiger partial charge in [0.1, 0.15) is 16.5 Å². The molecule has 1 aromatic heterocycles. The predicted molar refractivity (Wildman–Crippen MR) is 90.1 cm³/mol. The van der Waals surface area contributed by atoms with Crippen LogP contribution < -0.4 is 20.6 Å². The maximum absolute atomic E-state index is 11.8. The lowest BCUT2D eigenvalue weighted by Crippen LogP contribution is -2.25. The van der Waals surface area contributed by atoms with Gasteiger partial charge in [-0.2, -0.15) is 9.47 Å². The number of amides is 1. The number of nitrogens with one attached hydrogen (secondary N) is 1. The Morgan fingerprint density at radius 2 is 2.00 bits per heavy atom. The van der Waals surface area contributed by atoms with E-state index in [1.165, 1.54) is 11.5 Å². The molecule has 0 atom stereocenters. The summed E-state index contributed by atoms with van der Waals surface area (Å²) in [4.78, 5) is 11.8. The van der Waals surface area contributed by atoms with Gasteiger partial charge in [0.25, 0.3) is 5.91 Å². The normalized spacial score (nSPS) is 11.2. The van der Waals surface area contributed by atoms with Crippen LogP contribution in [0.2, 0.25) is 0 Å². The molecule has 0 aliphatic rings. The predicted octanol–water partition coefficient (Wildman–Crippen LogP) is 1.96. The molecule has 0 aliphatic heterocycles. The quantitative estimate of drug-likeness (QED) is 0.621. The summed E-state index contributed by atoms with van der Waals surface area (Å²) in [6.45, 7) is 3.47. The molecule has 3 N–H and O–H groups in total. The van der Waals surface area contributed by atoms with Gasteiger partial charge in [0.2, 0.25) is 0 Å². The van der Waals surface area contributed by atoms with Crippen molar-refractivity contribution >= 4 is 28.2 Å². The number of carbonyl (C=O) groups excluding carboxylic acids is 1. The number of benzene rings is 1. The first-order chi connectivity index (χ1) is 11.0. The molecule has 2 aromatic rings. The van der Waals surface area contributed by atoms with Gasteiger partial charge >= 0.3 is 0 Å². The molecule has 8 heteroatoms. The maximum atomic E-state index is 11.8. The number of aromatic nitrogens is 1. The highest BCUT2D eigenvalue weighted by molar-refractivity contribution is 7.10.